The Morgan fingerprint density at radius 1 is 0.177 bits per heavy atom. The van der Waals surface area contributed by atoms with Gasteiger partial charge in [-0.15, -0.1) is 0 Å². The Hall–Kier alpha value is -8.06. The fourth-order valence-corrected chi connectivity index (χ4v) is 10.6. The molecule has 0 atom stereocenters. The van der Waals surface area contributed by atoms with E-state index in [1.165, 1.54) is 131 Å². The van der Waals surface area contributed by atoms with Crippen LogP contribution in [0.1, 0.15) is 0 Å². The molecular formula is C62H38. The van der Waals surface area contributed by atoms with E-state index in [1.807, 2.05) is 0 Å². The first-order valence-electron chi connectivity index (χ1n) is 21.6. The monoisotopic (exact) mass is 782 g/mol. The molecule has 0 bridgehead atoms. The zero-order chi connectivity index (χ0) is 40.7. The van der Waals surface area contributed by atoms with E-state index < -0.39 is 0 Å². The minimum Gasteiger partial charge on any atom is -0.0622 e. The average molecular weight is 783 g/mol. The molecule has 13 rings (SSSR count). The van der Waals surface area contributed by atoms with Crippen LogP contribution in [-0.4, -0.2) is 0 Å². The number of hydrogen-bond acceptors (Lipinski definition) is 0. The van der Waals surface area contributed by atoms with E-state index in [1.54, 1.807) is 0 Å². The van der Waals surface area contributed by atoms with Crippen molar-refractivity contribution in [1.29, 1.82) is 0 Å². The van der Waals surface area contributed by atoms with E-state index in [-0.39, 0.29) is 0 Å². The first-order chi connectivity index (χ1) is 30.7. The Balaban J connectivity index is 1.09. The molecule has 0 radical (unpaired) electrons. The molecule has 0 aliphatic heterocycles. The molecular weight excluding hydrogens is 745 g/mol. The van der Waals surface area contributed by atoms with Crippen LogP contribution in [0, 0.1) is 0 Å². The van der Waals surface area contributed by atoms with Gasteiger partial charge in [0, 0.05) is 0 Å². The van der Waals surface area contributed by atoms with E-state index in [4.69, 9.17) is 0 Å². The van der Waals surface area contributed by atoms with Crippen LogP contribution in [0.5, 0.6) is 0 Å². The molecule has 0 fully saturated rings. The molecule has 13 aromatic rings. The Bertz CT molecular complexity index is 3840. The highest BCUT2D eigenvalue weighted by Crippen LogP contribution is 2.47. The second kappa shape index (κ2) is 13.7. The molecule has 62 heavy (non-hydrogen) atoms. The highest BCUT2D eigenvalue weighted by molar-refractivity contribution is 6.26. The van der Waals surface area contributed by atoms with Gasteiger partial charge in [-0.2, -0.15) is 0 Å². The predicted molar refractivity (Wildman–Crippen MR) is 267 cm³/mol. The Kier molecular flexibility index (Phi) is 7.71. The number of benzene rings is 13. The molecule has 0 N–H and O–H groups in total. The molecule has 286 valence electrons. The van der Waals surface area contributed by atoms with Crippen molar-refractivity contribution >= 4 is 75.4 Å². The topological polar surface area (TPSA) is 0 Å². The lowest BCUT2D eigenvalue weighted by atomic mass is 9.83. The maximum atomic E-state index is 2.45. The molecule has 0 nitrogen and oxygen atoms in total. The summed E-state index contributed by atoms with van der Waals surface area (Å²) in [5.74, 6) is 0. The smallest absolute Gasteiger partial charge is 0.00206 e. The Labute approximate surface area is 359 Å². The molecule has 13 aromatic carbocycles. The van der Waals surface area contributed by atoms with Crippen LogP contribution in [0.25, 0.3) is 131 Å². The zero-order valence-electron chi connectivity index (χ0n) is 33.9. The van der Waals surface area contributed by atoms with Crippen molar-refractivity contribution in [2.75, 3.05) is 0 Å². The van der Waals surface area contributed by atoms with E-state index in [9.17, 15) is 0 Å². The third kappa shape index (κ3) is 5.34. The fraction of sp³-hybridized carbons (Fsp3) is 0. The second-order valence-corrected chi connectivity index (χ2v) is 16.7. The normalized spacial score (nSPS) is 11.9. The maximum Gasteiger partial charge on any atom is -0.00206 e. The van der Waals surface area contributed by atoms with Crippen molar-refractivity contribution in [1.82, 2.24) is 0 Å². The summed E-state index contributed by atoms with van der Waals surface area (Å²) >= 11 is 0. The van der Waals surface area contributed by atoms with Crippen LogP contribution in [0.3, 0.4) is 0 Å². The summed E-state index contributed by atoms with van der Waals surface area (Å²) in [5.41, 5.74) is 12.3. The lowest BCUT2D eigenvalue weighted by Crippen LogP contribution is -1.93. The van der Waals surface area contributed by atoms with Crippen molar-refractivity contribution in [3.63, 3.8) is 0 Å². The molecule has 0 heterocycles. The van der Waals surface area contributed by atoms with E-state index >= 15 is 0 Å². The van der Waals surface area contributed by atoms with Gasteiger partial charge < -0.3 is 0 Å². The SMILES string of the molecule is c1ccc(-c2c3ccccc3c(-c3cc(-c4cccc(-c5ccc6ccc7cccc8ccc5c6c78)c4)cc(-c4cc5ccccc5c5ccccc45)c3)c3ccccc23)cc1. The van der Waals surface area contributed by atoms with Gasteiger partial charge in [0.25, 0.3) is 0 Å². The van der Waals surface area contributed by atoms with Gasteiger partial charge in [0.15, 0.2) is 0 Å². The van der Waals surface area contributed by atoms with Gasteiger partial charge in [-0.1, -0.05) is 200 Å². The van der Waals surface area contributed by atoms with Crippen molar-refractivity contribution < 1.29 is 0 Å². The summed E-state index contributed by atoms with van der Waals surface area (Å²) in [6, 6.07) is 85.9. The van der Waals surface area contributed by atoms with Crippen molar-refractivity contribution in [2.45, 2.75) is 0 Å². The van der Waals surface area contributed by atoms with Crippen LogP contribution in [0.4, 0.5) is 0 Å². The molecule has 0 amide bonds. The number of rotatable bonds is 5. The van der Waals surface area contributed by atoms with Crippen LogP contribution in [-0.2, 0) is 0 Å². The van der Waals surface area contributed by atoms with Crippen molar-refractivity contribution in [3.05, 3.63) is 231 Å². The second-order valence-electron chi connectivity index (χ2n) is 16.7. The minimum atomic E-state index is 1.19. The summed E-state index contributed by atoms with van der Waals surface area (Å²) in [6.45, 7) is 0. The van der Waals surface area contributed by atoms with E-state index in [0.717, 1.165) is 0 Å². The Morgan fingerprint density at radius 2 is 0.645 bits per heavy atom. The van der Waals surface area contributed by atoms with Crippen LogP contribution in [0.2, 0.25) is 0 Å². The Morgan fingerprint density at radius 3 is 1.37 bits per heavy atom. The van der Waals surface area contributed by atoms with E-state index in [0.29, 0.717) is 0 Å². The van der Waals surface area contributed by atoms with Gasteiger partial charge in [0.05, 0.1) is 0 Å². The quantitative estimate of drug-likeness (QED) is 0.120. The summed E-state index contributed by atoms with van der Waals surface area (Å²) < 4.78 is 0. The van der Waals surface area contributed by atoms with Crippen LogP contribution < -0.4 is 0 Å². The van der Waals surface area contributed by atoms with Gasteiger partial charge in [-0.25, -0.2) is 0 Å². The summed E-state index contributed by atoms with van der Waals surface area (Å²) in [4.78, 5) is 0. The molecule has 0 aliphatic carbocycles. The van der Waals surface area contributed by atoms with Gasteiger partial charge in [-0.3, -0.25) is 0 Å². The average Bonchev–Trinajstić information content (AvgIpc) is 3.34. The molecule has 0 aromatic heterocycles. The standard InChI is InChI=1S/C62H38/c1-2-14-39(15-3-1)60-53-24-8-10-26-55(53)61(56-27-11-9-25-54(56)60)48-36-46(35-47(37-48)58-38-45-16-4-5-21-49(45)51-22-6-7-23-52(51)58)43-19-13-20-44(34-43)50-32-30-42-29-28-40-17-12-18-41-31-33-57(50)62(42)59(40)41/h1-38H. The third-order valence-corrected chi connectivity index (χ3v) is 13.3. The summed E-state index contributed by atoms with van der Waals surface area (Å²) in [5, 5.41) is 17.9. The first-order valence-corrected chi connectivity index (χ1v) is 21.6. The summed E-state index contributed by atoms with van der Waals surface area (Å²) in [7, 11) is 0. The largest absolute Gasteiger partial charge is 0.0622 e. The molecule has 0 aliphatic rings. The summed E-state index contributed by atoms with van der Waals surface area (Å²) in [6.07, 6.45) is 0. The molecule has 0 spiro atoms. The van der Waals surface area contributed by atoms with Crippen molar-refractivity contribution in [2.24, 2.45) is 0 Å². The lowest BCUT2D eigenvalue weighted by molar-refractivity contribution is 1.59. The number of hydrogen-bond donors (Lipinski definition) is 0. The van der Waals surface area contributed by atoms with Crippen LogP contribution >= 0.6 is 0 Å². The predicted octanol–water partition coefficient (Wildman–Crippen LogP) is 17.5. The first kappa shape index (κ1) is 34.8. The van der Waals surface area contributed by atoms with Gasteiger partial charge in [0.2, 0.25) is 0 Å². The van der Waals surface area contributed by atoms with Gasteiger partial charge in [-0.05, 0) is 161 Å². The molecule has 0 saturated carbocycles. The maximum absolute atomic E-state index is 2.45. The van der Waals surface area contributed by atoms with E-state index in [2.05, 4.69) is 231 Å². The fourth-order valence-electron chi connectivity index (χ4n) is 10.6. The minimum absolute atomic E-state index is 1.19. The number of fused-ring (bicyclic) bond motifs is 5. The molecule has 0 unspecified atom stereocenters. The van der Waals surface area contributed by atoms with Crippen LogP contribution in [0.15, 0.2) is 231 Å². The molecule has 0 heteroatoms. The highest BCUT2D eigenvalue weighted by atomic mass is 14.2. The van der Waals surface area contributed by atoms with Crippen molar-refractivity contribution in [3.8, 4) is 55.6 Å². The lowest BCUT2D eigenvalue weighted by Gasteiger charge is -2.20. The third-order valence-electron chi connectivity index (χ3n) is 13.3. The zero-order valence-corrected chi connectivity index (χ0v) is 33.9. The van der Waals surface area contributed by atoms with Gasteiger partial charge >= 0.3 is 0 Å². The highest BCUT2D eigenvalue weighted by Gasteiger charge is 2.20. The molecule has 0 saturated heterocycles. The van der Waals surface area contributed by atoms with Gasteiger partial charge in [0.1, 0.15) is 0 Å².